The van der Waals surface area contributed by atoms with Crippen LogP contribution in [0.3, 0.4) is 0 Å². The highest BCUT2D eigenvalue weighted by atomic mass is 35.5. The van der Waals surface area contributed by atoms with Crippen molar-refractivity contribution in [2.24, 2.45) is 0 Å². The first-order valence-electron chi connectivity index (χ1n) is 8.35. The third-order valence-corrected chi connectivity index (χ3v) is 5.26. The highest BCUT2D eigenvalue weighted by Gasteiger charge is 2.39. The minimum atomic E-state index is -4.54. The van der Waals surface area contributed by atoms with E-state index in [1.165, 1.54) is 4.90 Å². The molecular formula is C17H20ClF3N2O2. The number of nitrogens with zero attached hydrogens (tertiary/aromatic N) is 2. The highest BCUT2D eigenvalue weighted by Crippen LogP contribution is 2.33. The molecule has 138 valence electrons. The number of aliphatic hydroxyl groups is 1. The monoisotopic (exact) mass is 376 g/mol. The van der Waals surface area contributed by atoms with Crippen LogP contribution in [0, 0.1) is 0 Å². The van der Waals surface area contributed by atoms with Crippen molar-refractivity contribution >= 4 is 17.5 Å². The van der Waals surface area contributed by atoms with E-state index >= 15 is 0 Å². The molecule has 2 atom stereocenters. The molecule has 1 aromatic rings. The summed E-state index contributed by atoms with van der Waals surface area (Å²) in [5.74, 6) is -0.574. The molecule has 0 unspecified atom stereocenters. The van der Waals surface area contributed by atoms with Gasteiger partial charge in [-0.3, -0.25) is 9.69 Å². The summed E-state index contributed by atoms with van der Waals surface area (Å²) in [4.78, 5) is 16.2. The summed E-state index contributed by atoms with van der Waals surface area (Å²) in [6.07, 6.45) is -1.98. The van der Waals surface area contributed by atoms with Crippen molar-refractivity contribution in [3.05, 3.63) is 34.3 Å². The van der Waals surface area contributed by atoms with Crippen LogP contribution in [0.15, 0.2) is 18.2 Å². The van der Waals surface area contributed by atoms with E-state index in [0.29, 0.717) is 6.54 Å². The first-order valence-corrected chi connectivity index (χ1v) is 8.73. The lowest BCUT2D eigenvalue weighted by Crippen LogP contribution is -2.46. The molecule has 4 nitrogen and oxygen atoms in total. The van der Waals surface area contributed by atoms with E-state index in [4.69, 9.17) is 11.6 Å². The van der Waals surface area contributed by atoms with Crippen molar-refractivity contribution < 1.29 is 23.1 Å². The second kappa shape index (κ2) is 7.13. The highest BCUT2D eigenvalue weighted by molar-refractivity contribution is 6.33. The Labute approximate surface area is 149 Å². The molecule has 1 aromatic carbocycles. The summed E-state index contributed by atoms with van der Waals surface area (Å²) in [5, 5.41) is 10.3. The number of alkyl halides is 3. The predicted molar refractivity (Wildman–Crippen MR) is 87.6 cm³/mol. The van der Waals surface area contributed by atoms with Crippen molar-refractivity contribution in [1.29, 1.82) is 0 Å². The van der Waals surface area contributed by atoms with Gasteiger partial charge in [-0.2, -0.15) is 13.2 Å². The van der Waals surface area contributed by atoms with Crippen molar-refractivity contribution in [1.82, 2.24) is 9.80 Å². The van der Waals surface area contributed by atoms with Gasteiger partial charge >= 0.3 is 6.18 Å². The number of benzene rings is 1. The Balaban J connectivity index is 1.77. The van der Waals surface area contributed by atoms with E-state index in [-0.39, 0.29) is 23.2 Å². The molecule has 8 heteroatoms. The van der Waals surface area contributed by atoms with Crippen LogP contribution in [-0.2, 0) is 6.18 Å². The Morgan fingerprint density at radius 2 is 1.84 bits per heavy atom. The molecule has 0 aliphatic carbocycles. The zero-order valence-electron chi connectivity index (χ0n) is 13.6. The van der Waals surface area contributed by atoms with Crippen LogP contribution in [0.5, 0.6) is 0 Å². The fourth-order valence-electron chi connectivity index (χ4n) is 3.58. The van der Waals surface area contributed by atoms with E-state index in [1.54, 1.807) is 0 Å². The Hall–Kier alpha value is -1.31. The average molecular weight is 377 g/mol. The fraction of sp³-hybridized carbons (Fsp3) is 0.588. The van der Waals surface area contributed by atoms with Crippen molar-refractivity contribution in [3.63, 3.8) is 0 Å². The van der Waals surface area contributed by atoms with Crippen LogP contribution in [-0.4, -0.2) is 59.1 Å². The molecule has 1 amide bonds. The molecule has 3 rings (SSSR count). The molecule has 0 bridgehead atoms. The smallest absolute Gasteiger partial charge is 0.390 e. The van der Waals surface area contributed by atoms with Gasteiger partial charge in [0.1, 0.15) is 0 Å². The standard InChI is InChI=1S/C17H20ClF3N2O2/c18-13-5-4-11(17(19,20)21)8-12(13)16(25)23-9-14(15(24)10-23)22-6-2-1-3-7-22/h4-5,8,14-15,24H,1-3,6-7,9-10H2/t14-,15-/m0/s1. The number of aliphatic hydroxyl groups excluding tert-OH is 1. The molecule has 0 saturated carbocycles. The van der Waals surface area contributed by atoms with Crippen LogP contribution in [0.25, 0.3) is 0 Å². The summed E-state index contributed by atoms with van der Waals surface area (Å²) in [5.41, 5.74) is -1.09. The van der Waals surface area contributed by atoms with E-state index in [2.05, 4.69) is 4.90 Å². The van der Waals surface area contributed by atoms with Crippen molar-refractivity contribution in [3.8, 4) is 0 Å². The van der Waals surface area contributed by atoms with Gasteiger partial charge in [0.15, 0.2) is 0 Å². The second-order valence-electron chi connectivity index (χ2n) is 6.63. The quantitative estimate of drug-likeness (QED) is 0.863. The van der Waals surface area contributed by atoms with Crippen molar-refractivity contribution in [2.75, 3.05) is 26.2 Å². The number of rotatable bonds is 2. The average Bonchev–Trinajstić information content (AvgIpc) is 2.96. The van der Waals surface area contributed by atoms with E-state index in [1.807, 2.05) is 0 Å². The topological polar surface area (TPSA) is 43.8 Å². The Morgan fingerprint density at radius 1 is 1.16 bits per heavy atom. The van der Waals surface area contributed by atoms with Gasteiger partial charge in [-0.05, 0) is 44.1 Å². The molecule has 2 heterocycles. The SMILES string of the molecule is O=C(c1cc(C(F)(F)F)ccc1Cl)N1C[C@H](O)[C@@H](N2CCCCC2)C1. The number of amides is 1. The van der Waals surface area contributed by atoms with Gasteiger partial charge in [0, 0.05) is 13.1 Å². The molecule has 25 heavy (non-hydrogen) atoms. The molecular weight excluding hydrogens is 357 g/mol. The summed E-state index contributed by atoms with van der Waals surface area (Å²) < 4.78 is 38.7. The van der Waals surface area contributed by atoms with Gasteiger partial charge in [-0.15, -0.1) is 0 Å². The summed E-state index contributed by atoms with van der Waals surface area (Å²) >= 11 is 5.95. The number of carbonyl (C=O) groups excluding carboxylic acids is 1. The van der Waals surface area contributed by atoms with Crippen LogP contribution in [0.4, 0.5) is 13.2 Å². The Kier molecular flexibility index (Phi) is 5.27. The number of carbonyl (C=O) groups is 1. The maximum absolute atomic E-state index is 12.9. The number of likely N-dealkylation sites (tertiary alicyclic amines) is 2. The van der Waals surface area contributed by atoms with E-state index in [0.717, 1.165) is 50.6 Å². The third-order valence-electron chi connectivity index (χ3n) is 4.93. The Bertz CT molecular complexity index is 647. The molecule has 2 saturated heterocycles. The first kappa shape index (κ1) is 18.5. The third kappa shape index (κ3) is 3.93. The predicted octanol–water partition coefficient (Wildman–Crippen LogP) is 3.03. The summed E-state index contributed by atoms with van der Waals surface area (Å²) in [6.45, 7) is 2.14. The molecule has 0 radical (unpaired) electrons. The molecule has 2 aliphatic heterocycles. The second-order valence-corrected chi connectivity index (χ2v) is 7.04. The lowest BCUT2D eigenvalue weighted by molar-refractivity contribution is -0.137. The number of halogens is 4. The van der Waals surface area contributed by atoms with Gasteiger partial charge < -0.3 is 10.0 Å². The first-order chi connectivity index (χ1) is 11.8. The molecule has 2 fully saturated rings. The number of β-amino-alcohol motifs (C(OH)–C–C–N with tert-alkyl or cyclic N) is 1. The van der Waals surface area contributed by atoms with Gasteiger partial charge in [-0.1, -0.05) is 18.0 Å². The van der Waals surface area contributed by atoms with Crippen LogP contribution >= 0.6 is 11.6 Å². The summed E-state index contributed by atoms with van der Waals surface area (Å²) in [7, 11) is 0. The maximum atomic E-state index is 12.9. The van der Waals surface area contributed by atoms with Crippen LogP contribution in [0.2, 0.25) is 5.02 Å². The maximum Gasteiger partial charge on any atom is 0.416 e. The minimum Gasteiger partial charge on any atom is -0.390 e. The van der Waals surface area contributed by atoms with E-state index in [9.17, 15) is 23.1 Å². The van der Waals surface area contributed by atoms with E-state index < -0.39 is 23.8 Å². The van der Waals surface area contributed by atoms with Crippen LogP contribution < -0.4 is 0 Å². The molecule has 2 aliphatic rings. The van der Waals surface area contributed by atoms with Gasteiger partial charge in [0.25, 0.3) is 5.91 Å². The molecule has 0 aromatic heterocycles. The largest absolute Gasteiger partial charge is 0.416 e. The van der Waals surface area contributed by atoms with Crippen molar-refractivity contribution in [2.45, 2.75) is 37.6 Å². The van der Waals surface area contributed by atoms with Gasteiger partial charge in [-0.25, -0.2) is 0 Å². The molecule has 1 N–H and O–H groups in total. The van der Waals surface area contributed by atoms with Crippen LogP contribution in [0.1, 0.15) is 35.2 Å². The fourth-order valence-corrected chi connectivity index (χ4v) is 3.78. The zero-order chi connectivity index (χ0) is 18.2. The minimum absolute atomic E-state index is 0.0195. The zero-order valence-corrected chi connectivity index (χ0v) is 14.4. The van der Waals surface area contributed by atoms with Gasteiger partial charge in [0.05, 0.1) is 28.3 Å². The normalized spacial score (nSPS) is 25.4. The lowest BCUT2D eigenvalue weighted by atomic mass is 10.1. The number of hydrogen-bond donors (Lipinski definition) is 1. The lowest BCUT2D eigenvalue weighted by Gasteiger charge is -2.33. The molecule has 0 spiro atoms. The number of hydrogen-bond acceptors (Lipinski definition) is 3. The number of piperidine rings is 1. The Morgan fingerprint density at radius 3 is 2.48 bits per heavy atom. The summed E-state index contributed by atoms with van der Waals surface area (Å²) in [6, 6.07) is 2.56. The van der Waals surface area contributed by atoms with Gasteiger partial charge in [0.2, 0.25) is 0 Å².